The van der Waals surface area contributed by atoms with Gasteiger partial charge < -0.3 is 10.2 Å². The lowest BCUT2D eigenvalue weighted by atomic mass is 10.4. The van der Waals surface area contributed by atoms with Crippen LogP contribution in [0.3, 0.4) is 0 Å². The van der Waals surface area contributed by atoms with Crippen LogP contribution in [0, 0.1) is 0 Å². The molecule has 0 bridgehead atoms. The third-order valence-electron chi connectivity index (χ3n) is 0.464. The Morgan fingerprint density at radius 2 is 1.64 bits per heavy atom. The Bertz CT molecular complexity index is 68.8. The highest BCUT2D eigenvalue weighted by Gasteiger charge is 1.87. The summed E-state index contributed by atoms with van der Waals surface area (Å²) < 4.78 is 0. The summed E-state index contributed by atoms with van der Waals surface area (Å²) >= 11 is 9.53. The minimum absolute atomic E-state index is 0.194. The molecule has 0 aromatic heterocycles. The number of rotatable bonds is 2. The average Bonchev–Trinajstić information content (AvgIpc) is 1.93. The van der Waals surface area contributed by atoms with E-state index in [1.807, 2.05) is 6.92 Å². The molecule has 5 heteroatoms. The molecule has 0 atom stereocenters. The van der Waals surface area contributed by atoms with Crippen LogP contribution in [-0.2, 0) is 4.79 Å². The van der Waals surface area contributed by atoms with Crippen molar-refractivity contribution in [3.05, 3.63) is 0 Å². The lowest BCUT2D eigenvalue weighted by molar-refractivity contribution is -0.137. The summed E-state index contributed by atoms with van der Waals surface area (Å²) in [6.45, 7) is 1.84. The van der Waals surface area contributed by atoms with Crippen molar-refractivity contribution in [1.29, 1.82) is 0 Å². The highest BCUT2D eigenvalue weighted by molar-refractivity contribution is 6.40. The van der Waals surface area contributed by atoms with Crippen LogP contribution in [-0.4, -0.2) is 28.6 Å². The smallest absolute Gasteiger partial charge is 0.303 e. The molecule has 0 radical (unpaired) electrons. The van der Waals surface area contributed by atoms with Crippen LogP contribution in [0.2, 0.25) is 0 Å². The van der Waals surface area contributed by atoms with Gasteiger partial charge in [0, 0.05) is 13.5 Å². The highest BCUT2D eigenvalue weighted by Crippen LogP contribution is 1.82. The topological polar surface area (TPSA) is 57.5 Å². The molecule has 2 N–H and O–H groups in total. The van der Waals surface area contributed by atoms with E-state index in [0.717, 1.165) is 13.5 Å². The Hall–Kier alpha value is 0.01000. The van der Waals surface area contributed by atoms with Crippen molar-refractivity contribution in [2.75, 3.05) is 12.4 Å². The molecule has 0 amide bonds. The van der Waals surface area contributed by atoms with E-state index in [0.29, 0.717) is 6.42 Å². The summed E-state index contributed by atoms with van der Waals surface area (Å²) in [4.78, 5) is 9.60. The Morgan fingerprint density at radius 3 is 1.64 bits per heavy atom. The van der Waals surface area contributed by atoms with Crippen molar-refractivity contribution >= 4 is 29.2 Å². The lowest BCUT2D eigenvalue weighted by Crippen LogP contribution is -1.90. The van der Waals surface area contributed by atoms with Crippen molar-refractivity contribution in [2.45, 2.75) is 19.8 Å². The molecule has 0 aliphatic carbocycles. The molecule has 0 saturated heterocycles. The van der Waals surface area contributed by atoms with E-state index in [2.05, 4.69) is 0 Å². The van der Waals surface area contributed by atoms with Crippen LogP contribution >= 0.6 is 23.2 Å². The Morgan fingerprint density at radius 1 is 1.36 bits per heavy atom. The number of hydrogen-bond acceptors (Lipinski definition) is 2. The Labute approximate surface area is 76.9 Å². The Kier molecular flexibility index (Phi) is 35.2. The average molecular weight is 205 g/mol. The van der Waals surface area contributed by atoms with E-state index in [-0.39, 0.29) is 5.34 Å². The number of carboxylic acids is 1. The molecule has 0 rings (SSSR count). The third kappa shape index (κ3) is 70.9. The van der Waals surface area contributed by atoms with Crippen LogP contribution in [0.25, 0.3) is 0 Å². The van der Waals surface area contributed by atoms with Gasteiger partial charge >= 0.3 is 5.97 Å². The zero-order valence-electron chi connectivity index (χ0n) is 6.68. The van der Waals surface area contributed by atoms with Crippen molar-refractivity contribution in [3.8, 4) is 0 Å². The second kappa shape index (κ2) is 22.5. The summed E-state index contributed by atoms with van der Waals surface area (Å²) in [6, 6.07) is 0. The zero-order chi connectivity index (χ0) is 9.70. The normalized spacial score (nSPS) is 6.64. The molecule has 3 nitrogen and oxygen atoms in total. The standard InChI is InChI=1S/C4H8O2.CH2Cl2.CH4O/c1-2-3-4(5)6;2-1-3;1-2/h2-3H2,1H3,(H,5,6);1H2;2H,1H3. The number of aliphatic hydroxyl groups excluding tert-OH is 1. The van der Waals surface area contributed by atoms with Crippen molar-refractivity contribution in [2.24, 2.45) is 0 Å². The van der Waals surface area contributed by atoms with E-state index in [4.69, 9.17) is 33.4 Å². The predicted octanol–water partition coefficient (Wildman–Crippen LogP) is 1.90. The quantitative estimate of drug-likeness (QED) is 0.677. The maximum absolute atomic E-state index is 9.60. The van der Waals surface area contributed by atoms with Gasteiger partial charge in [0.25, 0.3) is 0 Å². The van der Waals surface area contributed by atoms with E-state index in [1.54, 1.807) is 0 Å². The number of alkyl halides is 2. The zero-order valence-corrected chi connectivity index (χ0v) is 8.19. The summed E-state index contributed by atoms with van der Waals surface area (Å²) in [5, 5.41) is 15.1. The summed E-state index contributed by atoms with van der Waals surface area (Å²) in [6.07, 6.45) is 1.02. The van der Waals surface area contributed by atoms with Gasteiger partial charge in [0.2, 0.25) is 0 Å². The van der Waals surface area contributed by atoms with Gasteiger partial charge in [0.05, 0.1) is 5.34 Å². The van der Waals surface area contributed by atoms with Gasteiger partial charge in [-0.2, -0.15) is 0 Å². The van der Waals surface area contributed by atoms with Gasteiger partial charge in [-0.1, -0.05) is 6.92 Å². The lowest BCUT2D eigenvalue weighted by Gasteiger charge is -1.79. The molecule has 0 aromatic carbocycles. The van der Waals surface area contributed by atoms with Gasteiger partial charge in [-0.3, -0.25) is 4.79 Å². The van der Waals surface area contributed by atoms with Gasteiger partial charge in [-0.25, -0.2) is 0 Å². The van der Waals surface area contributed by atoms with E-state index in [1.165, 1.54) is 0 Å². The number of halogens is 2. The second-order valence-corrected chi connectivity index (χ2v) is 2.05. The van der Waals surface area contributed by atoms with Crippen molar-refractivity contribution in [3.63, 3.8) is 0 Å². The fraction of sp³-hybridized carbons (Fsp3) is 0.833. The molecular formula is C6H14Cl2O3. The largest absolute Gasteiger partial charge is 0.481 e. The molecule has 0 aliphatic rings. The molecule has 0 aliphatic heterocycles. The van der Waals surface area contributed by atoms with Crippen molar-refractivity contribution < 1.29 is 15.0 Å². The number of carbonyl (C=O) groups is 1. The summed E-state index contributed by atoms with van der Waals surface area (Å²) in [5.74, 6) is -0.711. The van der Waals surface area contributed by atoms with E-state index >= 15 is 0 Å². The molecule has 70 valence electrons. The maximum Gasteiger partial charge on any atom is 0.303 e. The fourth-order valence-corrected chi connectivity index (χ4v) is 0.214. The van der Waals surface area contributed by atoms with Crippen LogP contribution in [0.4, 0.5) is 0 Å². The molecule has 0 unspecified atom stereocenters. The minimum atomic E-state index is -0.711. The maximum atomic E-state index is 9.60. The number of hydrogen-bond donors (Lipinski definition) is 2. The molecule has 0 fully saturated rings. The highest BCUT2D eigenvalue weighted by atomic mass is 35.5. The van der Waals surface area contributed by atoms with Gasteiger partial charge in [-0.15, -0.1) is 23.2 Å². The second-order valence-electron chi connectivity index (χ2n) is 1.24. The van der Waals surface area contributed by atoms with Gasteiger partial charge in [-0.05, 0) is 6.42 Å². The summed E-state index contributed by atoms with van der Waals surface area (Å²) in [7, 11) is 1.00. The monoisotopic (exact) mass is 204 g/mol. The number of aliphatic carboxylic acids is 1. The van der Waals surface area contributed by atoms with Gasteiger partial charge in [0.1, 0.15) is 0 Å². The first-order valence-corrected chi connectivity index (χ1v) is 4.04. The SMILES string of the molecule is CCCC(=O)O.CO.ClCCl. The van der Waals surface area contributed by atoms with Crippen LogP contribution in [0.1, 0.15) is 19.8 Å². The molecule has 0 heterocycles. The Balaban J connectivity index is -0.000000109. The first kappa shape index (κ1) is 17.2. The van der Waals surface area contributed by atoms with E-state index in [9.17, 15) is 4.79 Å². The van der Waals surface area contributed by atoms with E-state index < -0.39 is 5.97 Å². The third-order valence-corrected chi connectivity index (χ3v) is 0.464. The van der Waals surface area contributed by atoms with Crippen LogP contribution < -0.4 is 0 Å². The fourth-order valence-electron chi connectivity index (χ4n) is 0.214. The van der Waals surface area contributed by atoms with Crippen molar-refractivity contribution in [1.82, 2.24) is 0 Å². The number of aliphatic hydroxyl groups is 1. The first-order valence-electron chi connectivity index (χ1n) is 2.97. The number of carboxylic acid groups (broad SMARTS) is 1. The molecule has 11 heavy (non-hydrogen) atoms. The minimum Gasteiger partial charge on any atom is -0.481 e. The predicted molar refractivity (Wildman–Crippen MR) is 47.3 cm³/mol. The molecule has 0 aromatic rings. The van der Waals surface area contributed by atoms with Crippen LogP contribution in [0.15, 0.2) is 0 Å². The molecule has 0 saturated carbocycles. The summed E-state index contributed by atoms with van der Waals surface area (Å²) in [5.41, 5.74) is 0. The molecular weight excluding hydrogens is 191 g/mol. The molecule has 0 spiro atoms. The first-order chi connectivity index (χ1) is 5.18. The van der Waals surface area contributed by atoms with Gasteiger partial charge in [0.15, 0.2) is 0 Å². The van der Waals surface area contributed by atoms with Crippen LogP contribution in [0.5, 0.6) is 0 Å².